The van der Waals surface area contributed by atoms with E-state index in [-0.39, 0.29) is 36.9 Å². The number of nitrogens with one attached hydrogen (secondary N) is 2. The van der Waals surface area contributed by atoms with E-state index in [9.17, 15) is 9.59 Å². The number of rotatable bonds is 14. The van der Waals surface area contributed by atoms with Gasteiger partial charge < -0.3 is 24.8 Å². The maximum atomic E-state index is 14.1. The first kappa shape index (κ1) is 32.9. The molecule has 1 unspecified atom stereocenters. The van der Waals surface area contributed by atoms with Gasteiger partial charge in [0.1, 0.15) is 19.3 Å². The molecule has 2 N–H and O–H groups in total. The molecule has 1 spiro atoms. The number of hydrogen-bond donors (Lipinski definition) is 2. The summed E-state index contributed by atoms with van der Waals surface area (Å²) >= 11 is 0. The van der Waals surface area contributed by atoms with E-state index in [0.717, 1.165) is 48.6 Å². The van der Waals surface area contributed by atoms with Gasteiger partial charge in [0, 0.05) is 18.4 Å². The Bertz CT molecular complexity index is 1280. The van der Waals surface area contributed by atoms with Gasteiger partial charge in [-0.1, -0.05) is 74.5 Å². The van der Waals surface area contributed by atoms with E-state index in [1.165, 1.54) is 6.42 Å². The number of alkyl carbamates (subject to hydrolysis) is 1. The highest BCUT2D eigenvalue weighted by Gasteiger charge is 2.68. The van der Waals surface area contributed by atoms with Crippen LogP contribution in [0.5, 0.6) is 0 Å². The lowest BCUT2D eigenvalue weighted by molar-refractivity contribution is -0.392. The molecule has 0 aromatic heterocycles. The van der Waals surface area contributed by atoms with Crippen molar-refractivity contribution in [3.05, 3.63) is 71.8 Å². The first-order valence-electron chi connectivity index (χ1n) is 17.2. The van der Waals surface area contributed by atoms with E-state index in [2.05, 4.69) is 22.8 Å². The number of carbonyl (C=O) groups is 2. The number of amides is 2. The molecule has 1 heterocycles. The molecule has 7 rings (SSSR count). The lowest BCUT2D eigenvalue weighted by atomic mass is 9.53. The van der Waals surface area contributed by atoms with Crippen molar-refractivity contribution in [1.82, 2.24) is 10.6 Å². The Kier molecular flexibility index (Phi) is 10.3. The number of aryl methyl sites for hydroxylation is 1. The second-order valence-corrected chi connectivity index (χ2v) is 14.2. The van der Waals surface area contributed by atoms with Gasteiger partial charge in [-0.2, -0.15) is 9.78 Å². The van der Waals surface area contributed by atoms with Crippen molar-refractivity contribution in [1.29, 1.82) is 0 Å². The minimum Gasteiger partial charge on any atom is -0.445 e. The van der Waals surface area contributed by atoms with Gasteiger partial charge in [-0.15, -0.1) is 0 Å². The van der Waals surface area contributed by atoms with Crippen LogP contribution >= 0.6 is 0 Å². The molecule has 4 aliphatic carbocycles. The van der Waals surface area contributed by atoms with E-state index >= 15 is 0 Å². The second kappa shape index (κ2) is 14.4. The number of hydrogen-bond acceptors (Lipinski definition) is 7. The van der Waals surface area contributed by atoms with E-state index < -0.39 is 29.8 Å². The smallest absolute Gasteiger partial charge is 0.408 e. The van der Waals surface area contributed by atoms with Crippen molar-refractivity contribution >= 4 is 12.0 Å². The van der Waals surface area contributed by atoms with Gasteiger partial charge in [0.05, 0.1) is 6.04 Å². The summed E-state index contributed by atoms with van der Waals surface area (Å²) in [6.45, 7) is 6.66. The molecule has 46 heavy (non-hydrogen) atoms. The lowest BCUT2D eigenvalue weighted by Gasteiger charge is -2.57. The van der Waals surface area contributed by atoms with Crippen molar-refractivity contribution < 1.29 is 33.6 Å². The zero-order valence-corrected chi connectivity index (χ0v) is 27.5. The minimum atomic E-state index is -1.34. The maximum absolute atomic E-state index is 14.1. The van der Waals surface area contributed by atoms with Crippen molar-refractivity contribution in [3.8, 4) is 0 Å². The van der Waals surface area contributed by atoms with Crippen molar-refractivity contribution in [2.24, 2.45) is 29.6 Å². The fourth-order valence-electron chi connectivity index (χ4n) is 8.35. The number of carbonyl (C=O) groups excluding carboxylic acids is 2. The van der Waals surface area contributed by atoms with Crippen LogP contribution in [0.25, 0.3) is 0 Å². The van der Waals surface area contributed by atoms with E-state index in [0.29, 0.717) is 25.9 Å². The Morgan fingerprint density at radius 3 is 2.11 bits per heavy atom. The van der Waals surface area contributed by atoms with Gasteiger partial charge in [0.15, 0.2) is 0 Å². The zero-order chi connectivity index (χ0) is 32.1. The van der Waals surface area contributed by atoms with Crippen molar-refractivity contribution in [3.63, 3.8) is 0 Å². The molecule has 9 nitrogen and oxygen atoms in total. The average molecular weight is 635 g/mol. The van der Waals surface area contributed by atoms with Crippen LogP contribution in [-0.4, -0.2) is 48.9 Å². The van der Waals surface area contributed by atoms with Crippen LogP contribution in [0.4, 0.5) is 4.79 Å². The molecule has 1 aliphatic heterocycles. The van der Waals surface area contributed by atoms with Gasteiger partial charge in [-0.05, 0) is 87.2 Å². The second-order valence-electron chi connectivity index (χ2n) is 14.2. The Labute approximate surface area is 273 Å². The molecule has 5 aliphatic rings. The van der Waals surface area contributed by atoms with Crippen molar-refractivity contribution in [2.75, 3.05) is 13.2 Å². The van der Waals surface area contributed by atoms with Gasteiger partial charge in [0.25, 0.3) is 0 Å². The summed E-state index contributed by atoms with van der Waals surface area (Å²) < 4.78 is 18.6. The fraction of sp³-hybridized carbons (Fsp3) is 0.622. The number of ether oxygens (including phenoxy) is 3. The highest BCUT2D eigenvalue weighted by Crippen LogP contribution is 2.63. The number of benzene rings is 2. The van der Waals surface area contributed by atoms with Crippen LogP contribution in [0.2, 0.25) is 0 Å². The molecule has 2 aromatic rings. The molecular weight excluding hydrogens is 584 g/mol. The summed E-state index contributed by atoms with van der Waals surface area (Å²) in [5.41, 5.74) is 2.01. The highest BCUT2D eigenvalue weighted by atomic mass is 17.3. The van der Waals surface area contributed by atoms with Crippen LogP contribution < -0.4 is 10.6 Å². The summed E-state index contributed by atoms with van der Waals surface area (Å²) in [4.78, 5) is 39.7. The summed E-state index contributed by atoms with van der Waals surface area (Å²) in [6, 6.07) is 18.2. The molecule has 2 amide bonds. The van der Waals surface area contributed by atoms with Crippen LogP contribution in [0, 0.1) is 29.6 Å². The van der Waals surface area contributed by atoms with Gasteiger partial charge in [0.2, 0.25) is 17.5 Å². The summed E-state index contributed by atoms with van der Waals surface area (Å²) in [5, 5.41) is 6.08. The van der Waals surface area contributed by atoms with Crippen LogP contribution in [0.15, 0.2) is 60.7 Å². The third kappa shape index (κ3) is 7.28. The van der Waals surface area contributed by atoms with E-state index in [1.54, 1.807) is 0 Å². The molecule has 5 fully saturated rings. The van der Waals surface area contributed by atoms with Crippen LogP contribution in [0.1, 0.15) is 76.8 Å². The predicted molar refractivity (Wildman–Crippen MR) is 172 cm³/mol. The topological polar surface area (TPSA) is 104 Å². The Morgan fingerprint density at radius 2 is 1.50 bits per heavy atom. The summed E-state index contributed by atoms with van der Waals surface area (Å²) in [5.74, 6) is -0.398. The minimum absolute atomic E-state index is 0.110. The van der Waals surface area contributed by atoms with E-state index in [1.807, 2.05) is 69.3 Å². The third-order valence-corrected chi connectivity index (χ3v) is 10.4. The maximum Gasteiger partial charge on any atom is 0.408 e. The van der Waals surface area contributed by atoms with Gasteiger partial charge >= 0.3 is 6.09 Å². The predicted octanol–water partition coefficient (Wildman–Crippen LogP) is 6.31. The summed E-state index contributed by atoms with van der Waals surface area (Å²) in [7, 11) is 0. The first-order chi connectivity index (χ1) is 22.3. The molecule has 0 radical (unpaired) electrons. The SMILES string of the molecule is CCOCC1([C@H](CCc2ccccc2)NC(=O)[C@H](CC(C)C)NC(=O)OCc2ccccc2)OOC2(O1)C1CC3CC(C1)CC2C3. The molecule has 4 saturated carbocycles. The third-order valence-electron chi connectivity index (χ3n) is 10.4. The zero-order valence-electron chi connectivity index (χ0n) is 27.5. The fourth-order valence-corrected chi connectivity index (χ4v) is 8.35. The van der Waals surface area contributed by atoms with Crippen LogP contribution in [-0.2, 0) is 41.8 Å². The van der Waals surface area contributed by atoms with E-state index in [4.69, 9.17) is 24.0 Å². The van der Waals surface area contributed by atoms with Crippen LogP contribution in [0.3, 0.4) is 0 Å². The Hall–Kier alpha value is -2.98. The monoisotopic (exact) mass is 634 g/mol. The highest BCUT2D eigenvalue weighted by molar-refractivity contribution is 5.86. The van der Waals surface area contributed by atoms with Gasteiger partial charge in [-0.25, -0.2) is 4.79 Å². The Balaban J connectivity index is 1.22. The first-order valence-corrected chi connectivity index (χ1v) is 17.2. The molecule has 250 valence electrons. The van der Waals surface area contributed by atoms with Crippen molar-refractivity contribution in [2.45, 2.75) is 102 Å². The lowest BCUT2D eigenvalue weighted by Crippen LogP contribution is -2.63. The molecule has 9 heteroatoms. The molecule has 4 bridgehead atoms. The largest absolute Gasteiger partial charge is 0.445 e. The standard InChI is InChI=1S/C37H50N2O7/c1-4-42-24-36(44-37(46-45-36)30-19-28-18-29(21-30)22-31(37)20-28)33(16-15-26-11-7-5-8-12-26)39-34(40)32(17-25(2)3)38-35(41)43-23-27-13-9-6-10-14-27/h5-14,25,28-33H,4,15-24H2,1-3H3,(H,38,41)(H,39,40)/t28?,29?,30?,31?,32-,33-,36?,37?/m0/s1. The quantitative estimate of drug-likeness (QED) is 0.235. The Morgan fingerprint density at radius 1 is 0.870 bits per heavy atom. The van der Waals surface area contributed by atoms with Gasteiger partial charge in [-0.3, -0.25) is 4.79 Å². The molecular formula is C37H50N2O7. The normalized spacial score (nSPS) is 30.8. The summed E-state index contributed by atoms with van der Waals surface area (Å²) in [6.07, 6.45) is 6.61. The molecule has 1 saturated heterocycles. The average Bonchev–Trinajstić information content (AvgIpc) is 3.45. The molecule has 3 atom stereocenters. The molecule has 2 aromatic carbocycles.